The third kappa shape index (κ3) is 4.58. The van der Waals surface area contributed by atoms with Gasteiger partial charge in [0.05, 0.1) is 11.4 Å². The van der Waals surface area contributed by atoms with E-state index in [1.807, 2.05) is 40.7 Å². The Balaban J connectivity index is 2.62. The molecule has 0 aromatic heterocycles. The van der Waals surface area contributed by atoms with Crippen LogP contribution in [-0.4, -0.2) is 29.9 Å². The zero-order chi connectivity index (χ0) is 15.5. The van der Waals surface area contributed by atoms with Crippen molar-refractivity contribution in [1.82, 2.24) is 5.32 Å². The first-order valence-corrected chi connectivity index (χ1v) is 6.83. The van der Waals surface area contributed by atoms with E-state index in [2.05, 4.69) is 5.32 Å². The van der Waals surface area contributed by atoms with E-state index in [1.165, 1.54) is 0 Å². The van der Waals surface area contributed by atoms with Gasteiger partial charge in [-0.2, -0.15) is 0 Å². The molecule has 1 aromatic rings. The molecule has 6 N–H and O–H groups in total. The van der Waals surface area contributed by atoms with Gasteiger partial charge in [0.25, 0.3) is 0 Å². The number of nitrogens with one attached hydrogen (secondary N) is 1. The fourth-order valence-electron chi connectivity index (χ4n) is 1.72. The van der Waals surface area contributed by atoms with Crippen LogP contribution in [0.15, 0.2) is 6.07 Å². The number of nitrogen functional groups attached to an aromatic ring is 2. The first kappa shape index (κ1) is 16.6. The highest BCUT2D eigenvalue weighted by atomic mass is 16.5. The maximum atomic E-state index is 9.90. The van der Waals surface area contributed by atoms with E-state index in [1.54, 1.807) is 0 Å². The summed E-state index contributed by atoms with van der Waals surface area (Å²) < 4.78 is 5.59. The molecule has 0 heterocycles. The van der Waals surface area contributed by atoms with Crippen molar-refractivity contribution < 1.29 is 9.84 Å². The highest BCUT2D eigenvalue weighted by molar-refractivity contribution is 5.75. The molecule has 1 unspecified atom stereocenters. The van der Waals surface area contributed by atoms with E-state index >= 15 is 0 Å². The average Bonchev–Trinajstić information content (AvgIpc) is 2.35. The number of hydrogen-bond acceptors (Lipinski definition) is 5. The quantitative estimate of drug-likeness (QED) is 0.615. The molecule has 0 bridgehead atoms. The van der Waals surface area contributed by atoms with Gasteiger partial charge < -0.3 is 26.6 Å². The minimum Gasteiger partial charge on any atom is -0.489 e. The molecular formula is C15H27N3O2. The van der Waals surface area contributed by atoms with Gasteiger partial charge >= 0.3 is 0 Å². The first-order chi connectivity index (χ1) is 9.11. The Morgan fingerprint density at radius 1 is 1.25 bits per heavy atom. The van der Waals surface area contributed by atoms with E-state index in [9.17, 15) is 5.11 Å². The molecule has 114 valence electrons. The number of anilines is 2. The molecule has 0 saturated carbocycles. The topological polar surface area (TPSA) is 93.5 Å². The highest BCUT2D eigenvalue weighted by Crippen LogP contribution is 2.32. The Bertz CT molecular complexity index is 467. The van der Waals surface area contributed by atoms with Crippen LogP contribution in [0.5, 0.6) is 5.75 Å². The third-order valence-electron chi connectivity index (χ3n) is 3.20. The van der Waals surface area contributed by atoms with Crippen LogP contribution in [0.2, 0.25) is 0 Å². The standard InChI is InChI=1S/C15H27N3O2/c1-9-6-12(14(17)13(16)10(9)2)20-8-11(19)7-18-15(3,4)5/h6,11,18-19H,7-8,16-17H2,1-5H3. The molecule has 5 heteroatoms. The second kappa shape index (κ2) is 6.33. The number of hydrogen-bond donors (Lipinski definition) is 4. The van der Waals surface area contributed by atoms with Crippen LogP contribution in [0.25, 0.3) is 0 Å². The van der Waals surface area contributed by atoms with Gasteiger partial charge in [0, 0.05) is 12.1 Å². The van der Waals surface area contributed by atoms with Gasteiger partial charge in [0.1, 0.15) is 18.5 Å². The van der Waals surface area contributed by atoms with E-state index in [0.29, 0.717) is 23.7 Å². The molecule has 20 heavy (non-hydrogen) atoms. The number of aliphatic hydroxyl groups is 1. The Labute approximate surface area is 121 Å². The smallest absolute Gasteiger partial charge is 0.144 e. The van der Waals surface area contributed by atoms with Gasteiger partial charge in [-0.3, -0.25) is 0 Å². The SMILES string of the molecule is Cc1cc(OCC(O)CNC(C)(C)C)c(N)c(N)c1C. The number of rotatable bonds is 5. The number of nitrogens with two attached hydrogens (primary N) is 2. The van der Waals surface area contributed by atoms with E-state index in [-0.39, 0.29) is 12.1 Å². The monoisotopic (exact) mass is 281 g/mol. The van der Waals surface area contributed by atoms with Gasteiger partial charge in [-0.15, -0.1) is 0 Å². The predicted molar refractivity (Wildman–Crippen MR) is 84.0 cm³/mol. The molecule has 0 spiro atoms. The van der Waals surface area contributed by atoms with E-state index < -0.39 is 6.10 Å². The van der Waals surface area contributed by atoms with Gasteiger partial charge in [0.2, 0.25) is 0 Å². The lowest BCUT2D eigenvalue weighted by Crippen LogP contribution is -2.42. The van der Waals surface area contributed by atoms with Gasteiger partial charge in [-0.1, -0.05) is 0 Å². The van der Waals surface area contributed by atoms with Gasteiger partial charge in [0.15, 0.2) is 0 Å². The second-order valence-electron chi connectivity index (χ2n) is 6.24. The summed E-state index contributed by atoms with van der Waals surface area (Å²) in [5.74, 6) is 0.528. The summed E-state index contributed by atoms with van der Waals surface area (Å²) in [7, 11) is 0. The molecule has 0 aliphatic carbocycles. The van der Waals surface area contributed by atoms with Crippen LogP contribution < -0.4 is 21.5 Å². The van der Waals surface area contributed by atoms with Crippen LogP contribution in [0.3, 0.4) is 0 Å². The number of benzene rings is 1. The fourth-order valence-corrected chi connectivity index (χ4v) is 1.72. The molecular weight excluding hydrogens is 254 g/mol. The maximum Gasteiger partial charge on any atom is 0.144 e. The van der Waals surface area contributed by atoms with Gasteiger partial charge in [-0.25, -0.2) is 0 Å². The number of β-amino-alcohol motifs (C(OH)–C–C–N with tert-alkyl or cyclic N) is 1. The van der Waals surface area contributed by atoms with Crippen molar-refractivity contribution in [2.75, 3.05) is 24.6 Å². The maximum absolute atomic E-state index is 9.90. The third-order valence-corrected chi connectivity index (χ3v) is 3.20. The van der Waals surface area contributed by atoms with Gasteiger partial charge in [-0.05, 0) is 51.8 Å². The predicted octanol–water partition coefficient (Wildman–Crippen LogP) is 1.60. The summed E-state index contributed by atoms with van der Waals surface area (Å²) in [6, 6.07) is 1.85. The van der Waals surface area contributed by atoms with Crippen LogP contribution in [0, 0.1) is 13.8 Å². The second-order valence-corrected chi connectivity index (χ2v) is 6.24. The fraction of sp³-hybridized carbons (Fsp3) is 0.600. The van der Waals surface area contributed by atoms with Crippen molar-refractivity contribution in [3.63, 3.8) is 0 Å². The van der Waals surface area contributed by atoms with Crippen LogP contribution in [-0.2, 0) is 0 Å². The Morgan fingerprint density at radius 3 is 2.40 bits per heavy atom. The zero-order valence-corrected chi connectivity index (χ0v) is 13.1. The molecule has 0 saturated heterocycles. The Hall–Kier alpha value is -1.46. The average molecular weight is 281 g/mol. The Morgan fingerprint density at radius 2 is 1.85 bits per heavy atom. The molecule has 1 aromatic carbocycles. The minimum absolute atomic E-state index is 0.0368. The van der Waals surface area contributed by atoms with Crippen LogP contribution in [0.4, 0.5) is 11.4 Å². The molecule has 0 amide bonds. The minimum atomic E-state index is -0.601. The molecule has 1 rings (SSSR count). The summed E-state index contributed by atoms with van der Waals surface area (Å²) >= 11 is 0. The van der Waals surface area contributed by atoms with E-state index in [4.69, 9.17) is 16.2 Å². The van der Waals surface area contributed by atoms with E-state index in [0.717, 1.165) is 11.1 Å². The lowest BCUT2D eigenvalue weighted by atomic mass is 10.1. The Kier molecular flexibility index (Phi) is 5.25. The molecule has 0 fully saturated rings. The summed E-state index contributed by atoms with van der Waals surface area (Å²) in [5, 5.41) is 13.1. The largest absolute Gasteiger partial charge is 0.489 e. The van der Waals surface area contributed by atoms with Crippen molar-refractivity contribution >= 4 is 11.4 Å². The number of aryl methyl sites for hydroxylation is 1. The molecule has 1 atom stereocenters. The first-order valence-electron chi connectivity index (χ1n) is 6.83. The lowest BCUT2D eigenvalue weighted by Gasteiger charge is -2.23. The highest BCUT2D eigenvalue weighted by Gasteiger charge is 2.14. The van der Waals surface area contributed by atoms with Crippen molar-refractivity contribution in [3.8, 4) is 5.75 Å². The molecule has 0 radical (unpaired) electrons. The zero-order valence-electron chi connectivity index (χ0n) is 13.1. The van der Waals surface area contributed by atoms with Crippen molar-refractivity contribution in [3.05, 3.63) is 17.2 Å². The van der Waals surface area contributed by atoms with Crippen LogP contribution >= 0.6 is 0 Å². The number of ether oxygens (including phenoxy) is 1. The molecule has 0 aliphatic rings. The summed E-state index contributed by atoms with van der Waals surface area (Å²) in [4.78, 5) is 0. The van der Waals surface area contributed by atoms with Crippen molar-refractivity contribution in [2.45, 2.75) is 46.3 Å². The summed E-state index contributed by atoms with van der Waals surface area (Å²) in [5.41, 5.74) is 14.8. The normalized spacial score (nSPS) is 13.3. The van der Waals surface area contributed by atoms with Crippen molar-refractivity contribution in [2.24, 2.45) is 0 Å². The molecule has 0 aliphatic heterocycles. The molecule has 5 nitrogen and oxygen atoms in total. The van der Waals surface area contributed by atoms with Crippen molar-refractivity contribution in [1.29, 1.82) is 0 Å². The van der Waals surface area contributed by atoms with Crippen LogP contribution in [0.1, 0.15) is 31.9 Å². The summed E-state index contributed by atoms with van der Waals surface area (Å²) in [6.07, 6.45) is -0.601. The number of aliphatic hydroxyl groups excluding tert-OH is 1. The summed E-state index contributed by atoms with van der Waals surface area (Å²) in [6.45, 7) is 10.6. The lowest BCUT2D eigenvalue weighted by molar-refractivity contribution is 0.100.